The molecule has 6 aromatic rings. The highest BCUT2D eigenvalue weighted by atomic mass is 32.2. The molecule has 2 aliphatic heterocycles. The van der Waals surface area contributed by atoms with E-state index in [1.165, 1.54) is 38.4 Å². The molecule has 27 heteroatoms. The van der Waals surface area contributed by atoms with E-state index in [4.69, 9.17) is 19.4 Å². The molecule has 0 radical (unpaired) electrons. The minimum atomic E-state index is -3.92. The molecule has 0 atom stereocenters. The van der Waals surface area contributed by atoms with Gasteiger partial charge in [0, 0.05) is 70.0 Å². The largest absolute Gasteiger partial charge is 0.493 e. The molecule has 2 saturated heterocycles. The topological polar surface area (TPSA) is 291 Å². The lowest BCUT2D eigenvalue weighted by molar-refractivity contribution is -0.757. The highest BCUT2D eigenvalue weighted by Crippen LogP contribution is 2.34. The van der Waals surface area contributed by atoms with Gasteiger partial charge in [0.2, 0.25) is 20.0 Å². The fourth-order valence-corrected chi connectivity index (χ4v) is 12.9. The number of aldehydes is 1. The number of sulfonamides is 2. The summed E-state index contributed by atoms with van der Waals surface area (Å²) in [6.07, 6.45) is 6.08. The van der Waals surface area contributed by atoms with E-state index >= 15 is 0 Å². The summed E-state index contributed by atoms with van der Waals surface area (Å²) in [5.41, 5.74) is 4.47. The van der Waals surface area contributed by atoms with Gasteiger partial charge in [0.15, 0.2) is 17.9 Å². The van der Waals surface area contributed by atoms with Crippen molar-refractivity contribution < 1.29 is 45.9 Å². The molecule has 81 heavy (non-hydrogen) atoms. The lowest BCUT2D eigenvalue weighted by Gasteiger charge is -2.33. The Labute approximate surface area is 473 Å². The second kappa shape index (κ2) is 28.6. The molecule has 0 unspecified atom stereocenters. The maximum absolute atomic E-state index is 13.6. The lowest BCUT2D eigenvalue weighted by Crippen LogP contribution is -2.49. The van der Waals surface area contributed by atoms with Gasteiger partial charge >= 0.3 is 0 Å². The zero-order valence-electron chi connectivity index (χ0n) is 45.9. The Balaban J connectivity index is 0.000000290. The van der Waals surface area contributed by atoms with Crippen molar-refractivity contribution in [2.45, 2.75) is 105 Å². The summed E-state index contributed by atoms with van der Waals surface area (Å²) >= 11 is 0. The normalized spacial score (nSPS) is 14.8. The van der Waals surface area contributed by atoms with Gasteiger partial charge in [0.05, 0.1) is 51.7 Å². The maximum Gasteiger partial charge on any atom is 0.294 e. The summed E-state index contributed by atoms with van der Waals surface area (Å²) in [5, 5.41) is 22.8. The van der Waals surface area contributed by atoms with E-state index in [2.05, 4.69) is 36.9 Å². The number of ether oxygens (including phenoxy) is 2. The molecule has 2 N–H and O–H groups in total. The Bertz CT molecular complexity index is 3540. The number of fused-ring (bicyclic) bond motifs is 2. The maximum atomic E-state index is 13.6. The van der Waals surface area contributed by atoms with E-state index in [-0.39, 0.29) is 67.1 Å². The number of oxime groups is 1. The smallest absolute Gasteiger partial charge is 0.294 e. The average molecular weight is 1170 g/mol. The van der Waals surface area contributed by atoms with E-state index in [1.54, 1.807) is 42.8 Å². The molecule has 0 amide bonds. The average Bonchev–Trinajstić information content (AvgIpc) is 4.15. The number of nitrogens with zero attached hydrogens (tertiary/aromatic N) is 10. The molecule has 0 saturated carbocycles. The Hall–Kier alpha value is -7.04. The molecule has 6 heterocycles. The van der Waals surface area contributed by atoms with Crippen molar-refractivity contribution in [3.8, 4) is 34.3 Å². The molecule has 0 bridgehead atoms. The number of carbonyl (C=O) groups is 1. The number of H-pyrrole nitrogens is 2. The van der Waals surface area contributed by atoms with Crippen LogP contribution in [0.4, 0.5) is 0 Å². The molecular formula is C54H78N12O13S2. The summed E-state index contributed by atoms with van der Waals surface area (Å²) in [7, 11) is -6.21. The molecule has 444 valence electrons. The van der Waals surface area contributed by atoms with Gasteiger partial charge in [-0.05, 0) is 101 Å². The van der Waals surface area contributed by atoms with Crippen LogP contribution in [0.2, 0.25) is 0 Å². The summed E-state index contributed by atoms with van der Waals surface area (Å²) < 4.78 is 71.9. The van der Waals surface area contributed by atoms with E-state index in [1.807, 2.05) is 32.6 Å². The molecule has 0 spiro atoms. The number of aryl methyl sites for hydroxylation is 4. The van der Waals surface area contributed by atoms with Crippen LogP contribution in [0.1, 0.15) is 107 Å². The highest BCUT2D eigenvalue weighted by Gasteiger charge is 2.32. The number of piperazine rings is 2. The van der Waals surface area contributed by atoms with Gasteiger partial charge in [-0.2, -0.15) is 8.61 Å². The first kappa shape index (κ1) is 64.8. The predicted octanol–water partition coefficient (Wildman–Crippen LogP) is 5.99. The highest BCUT2D eigenvalue weighted by molar-refractivity contribution is 7.89. The predicted molar refractivity (Wildman–Crippen MR) is 309 cm³/mol. The van der Waals surface area contributed by atoms with Crippen molar-refractivity contribution in [2.24, 2.45) is 5.16 Å². The third kappa shape index (κ3) is 14.0. The number of aromatic amines is 2. The van der Waals surface area contributed by atoms with Gasteiger partial charge in [0.25, 0.3) is 16.2 Å². The zero-order chi connectivity index (χ0) is 57.2. The lowest BCUT2D eigenvalue weighted by atomic mass is 10.1. The van der Waals surface area contributed by atoms with E-state index in [0.29, 0.717) is 117 Å². The number of carbonyl (C=O) groups excluding carboxylic acids is 1. The first-order valence-corrected chi connectivity index (χ1v) is 29.3. The van der Waals surface area contributed by atoms with Crippen molar-refractivity contribution >= 4 is 43.6 Å². The summed E-state index contributed by atoms with van der Waals surface area (Å²) in [5.74, 6) is 1.12. The molecule has 8 rings (SSSR count). The molecule has 2 aliphatic rings. The van der Waals surface area contributed by atoms with E-state index in [0.717, 1.165) is 48.9 Å². The minimum absolute atomic E-state index is 0. The van der Waals surface area contributed by atoms with Gasteiger partial charge < -0.3 is 34.0 Å². The quantitative estimate of drug-likeness (QED) is 0.0322. The van der Waals surface area contributed by atoms with Crippen LogP contribution in [0.3, 0.4) is 0 Å². The Morgan fingerprint density at radius 3 is 1.49 bits per heavy atom. The fraction of sp³-hybridized carbons (Fsp3) is 0.519. The van der Waals surface area contributed by atoms with Crippen LogP contribution in [-0.4, -0.2) is 174 Å². The second-order valence-electron chi connectivity index (χ2n) is 18.9. The van der Waals surface area contributed by atoms with Gasteiger partial charge in [-0.3, -0.25) is 19.3 Å². The van der Waals surface area contributed by atoms with Crippen molar-refractivity contribution in [1.29, 1.82) is 0 Å². The monoisotopic (exact) mass is 1170 g/mol. The summed E-state index contributed by atoms with van der Waals surface area (Å²) in [6, 6.07) is 9.15. The molecule has 0 aliphatic carbocycles. The molecule has 25 nitrogen and oxygen atoms in total. The Morgan fingerprint density at radius 2 is 1.10 bits per heavy atom. The van der Waals surface area contributed by atoms with Crippen LogP contribution in [0.15, 0.2) is 60.9 Å². The minimum Gasteiger partial charge on any atom is -0.493 e. The molecular weight excluding hydrogens is 1090 g/mol. The van der Waals surface area contributed by atoms with Crippen molar-refractivity contribution in [1.82, 2.24) is 47.6 Å². The van der Waals surface area contributed by atoms with Gasteiger partial charge in [0.1, 0.15) is 36.2 Å². The first-order valence-electron chi connectivity index (χ1n) is 26.5. The number of nitrogens with one attached hydrogen (secondary N) is 2. The first-order chi connectivity index (χ1) is 37.9. The third-order valence-corrected chi connectivity index (χ3v) is 17.6. The molecule has 2 aromatic carbocycles. The number of hydrogen-bond donors (Lipinski definition) is 2. The van der Waals surface area contributed by atoms with Crippen LogP contribution in [0.5, 0.6) is 11.5 Å². The summed E-state index contributed by atoms with van der Waals surface area (Å²) in [6.45, 7) is 18.6. The fourth-order valence-electron chi connectivity index (χ4n) is 9.99. The Morgan fingerprint density at radius 1 is 0.667 bits per heavy atom. The van der Waals surface area contributed by atoms with Crippen molar-refractivity contribution in [3.05, 3.63) is 101 Å². The summed E-state index contributed by atoms with van der Waals surface area (Å²) in [4.78, 5) is 67.9. The van der Waals surface area contributed by atoms with Gasteiger partial charge in [-0.1, -0.05) is 53.6 Å². The SMILES string of the molecule is C.C.CCCc1c(/C=N/OC)c(C)c2c(=O)[nH]c(-c3cc(S(=O)(=O)N4CCN(CCC)CC4)ccc3OCC)nn12.CCCc1c(C=O)c(C)c2c(=O)[nH]c(-c3cc(S(=O)(=O)N4CCN(CCO[N+](=O)[O-])CC4)ccc3OCC)nn12. The number of benzene rings is 2. The third-order valence-electron chi connectivity index (χ3n) is 13.8. The Kier molecular flexibility index (Phi) is 22.9. The number of aromatic nitrogens is 6. The number of hydrogen-bond acceptors (Lipinski definition) is 18. The molecule has 2 fully saturated rings. The van der Waals surface area contributed by atoms with Gasteiger partial charge in [-0.15, -0.1) is 20.3 Å². The van der Waals surface area contributed by atoms with Crippen LogP contribution < -0.4 is 20.6 Å². The van der Waals surface area contributed by atoms with Crippen LogP contribution in [-0.2, 0) is 42.6 Å². The van der Waals surface area contributed by atoms with Gasteiger partial charge in [-0.25, -0.2) is 25.9 Å². The second-order valence-corrected chi connectivity index (χ2v) is 22.7. The zero-order valence-corrected chi connectivity index (χ0v) is 47.6. The van der Waals surface area contributed by atoms with Crippen LogP contribution >= 0.6 is 0 Å². The van der Waals surface area contributed by atoms with E-state index < -0.39 is 30.7 Å². The van der Waals surface area contributed by atoms with Crippen molar-refractivity contribution in [2.75, 3.05) is 92.4 Å². The molecule has 4 aromatic heterocycles. The standard InChI is InChI=1S/C27H38N6O5S.C25H32N6O8S.2CH4/c1-6-9-23-22(18-28-37-5)19(4)25-27(34)29-26(30-33(23)25)21-17-20(10-11-24(21)38-8-3)39(35,36)32-15-13-31(12-7-2)14-16-32;1-4-6-21-20(16-32)17(3)23-25(33)26-24(27-30(21)23)19-15-18(7-8-22(19)38-5-2)40(36,37)29-11-9-28(10-12-29)13-14-39-31(34)35;;/h10-11,17-18H,6-9,12-16H2,1-5H3,(H,29,30,34);7-8,15-16H,4-6,9-14H2,1-3H3,(H,26,27,33);2*1H4/b28-18+;;;. The van der Waals surface area contributed by atoms with Crippen LogP contribution in [0, 0.1) is 24.0 Å². The van der Waals surface area contributed by atoms with Crippen LogP contribution in [0.25, 0.3) is 33.8 Å². The number of rotatable bonds is 23. The van der Waals surface area contributed by atoms with E-state index in [9.17, 15) is 41.3 Å². The van der Waals surface area contributed by atoms with Crippen molar-refractivity contribution in [3.63, 3.8) is 0 Å².